The Balaban J connectivity index is 1.89. The van der Waals surface area contributed by atoms with E-state index in [1.165, 1.54) is 0 Å². The predicted molar refractivity (Wildman–Crippen MR) is 80.4 cm³/mol. The van der Waals surface area contributed by atoms with E-state index in [2.05, 4.69) is 13.8 Å². The van der Waals surface area contributed by atoms with Gasteiger partial charge in [-0.1, -0.05) is 27.7 Å². The molecule has 2 bridgehead atoms. The molecule has 118 valence electrons. The smallest absolute Gasteiger partial charge is 0.347 e. The largest absolute Gasteiger partial charge is 0.448 e. The Labute approximate surface area is 128 Å². The summed E-state index contributed by atoms with van der Waals surface area (Å²) in [4.78, 5) is 24.3. The van der Waals surface area contributed by atoms with Gasteiger partial charge >= 0.3 is 11.9 Å². The molecule has 5 nitrogen and oxygen atoms in total. The van der Waals surface area contributed by atoms with Crippen LogP contribution in [0.4, 0.5) is 0 Å². The van der Waals surface area contributed by atoms with Crippen molar-refractivity contribution < 1.29 is 23.5 Å². The second kappa shape index (κ2) is 4.73. The third-order valence-electron chi connectivity index (χ3n) is 4.55. The number of esters is 2. The molecule has 0 aliphatic carbocycles. The number of furan rings is 2. The number of hydrogen-bond donors (Lipinski definition) is 0. The van der Waals surface area contributed by atoms with Gasteiger partial charge in [0.25, 0.3) is 0 Å². The predicted octanol–water partition coefficient (Wildman–Crippen LogP) is 4.02. The van der Waals surface area contributed by atoms with Gasteiger partial charge in [-0.15, -0.1) is 0 Å². The van der Waals surface area contributed by atoms with Crippen molar-refractivity contribution in [3.8, 4) is 11.5 Å². The summed E-state index contributed by atoms with van der Waals surface area (Å²) in [7, 11) is 0. The Kier molecular flexibility index (Phi) is 3.20. The molecular formula is C17H20O5. The third kappa shape index (κ3) is 1.99. The molecule has 0 amide bonds. The highest BCUT2D eigenvalue weighted by Crippen LogP contribution is 2.50. The van der Waals surface area contributed by atoms with E-state index in [1.807, 2.05) is 20.8 Å². The lowest BCUT2D eigenvalue weighted by Gasteiger charge is -2.32. The number of carbonyl (C=O) groups excluding carboxylic acids is 2. The molecule has 5 heteroatoms. The molecule has 0 N–H and O–H groups in total. The van der Waals surface area contributed by atoms with Gasteiger partial charge in [0, 0.05) is 6.07 Å². The monoisotopic (exact) mass is 304 g/mol. The van der Waals surface area contributed by atoms with Crippen LogP contribution in [0.25, 0.3) is 11.2 Å². The first-order valence-corrected chi connectivity index (χ1v) is 7.57. The molecule has 0 aromatic carbocycles. The second-order valence-electron chi connectivity index (χ2n) is 6.96. The standard InChI is InChI=1S/C17H20O5/c1-8(2)7-17(5,9(3)4)16(19)22-13-11-6-10-12(20-11)14(13)21-15(10)18/h6,8-9H,7H2,1-5H3. The first-order valence-electron chi connectivity index (χ1n) is 7.57. The summed E-state index contributed by atoms with van der Waals surface area (Å²) in [6.07, 6.45) is 0.722. The highest BCUT2D eigenvalue weighted by atomic mass is 16.6. The van der Waals surface area contributed by atoms with Crippen LogP contribution in [0.1, 0.15) is 51.4 Å². The highest BCUT2D eigenvalue weighted by molar-refractivity contribution is 6.10. The van der Waals surface area contributed by atoms with E-state index >= 15 is 0 Å². The van der Waals surface area contributed by atoms with E-state index in [0.717, 1.165) is 6.42 Å². The van der Waals surface area contributed by atoms with E-state index in [-0.39, 0.29) is 23.4 Å². The zero-order chi connectivity index (χ0) is 16.2. The molecule has 1 aliphatic heterocycles. The summed E-state index contributed by atoms with van der Waals surface area (Å²) in [6, 6.07) is 1.56. The fraction of sp³-hybridized carbons (Fsp3) is 0.529. The summed E-state index contributed by atoms with van der Waals surface area (Å²) in [5, 5.41) is 0. The van der Waals surface area contributed by atoms with Crippen LogP contribution in [0.3, 0.4) is 0 Å². The molecule has 2 aromatic rings. The van der Waals surface area contributed by atoms with Crippen molar-refractivity contribution >= 4 is 23.1 Å². The van der Waals surface area contributed by atoms with Gasteiger partial charge in [0.1, 0.15) is 5.56 Å². The minimum atomic E-state index is -0.607. The van der Waals surface area contributed by atoms with Crippen molar-refractivity contribution in [1.29, 1.82) is 0 Å². The maximum atomic E-state index is 12.7. The summed E-state index contributed by atoms with van der Waals surface area (Å²) in [6.45, 7) is 10.1. The molecule has 3 rings (SSSR count). The first-order chi connectivity index (χ1) is 10.2. The van der Waals surface area contributed by atoms with Crippen molar-refractivity contribution in [3.05, 3.63) is 11.6 Å². The van der Waals surface area contributed by atoms with Gasteiger partial charge in [-0.2, -0.15) is 0 Å². The Bertz CT molecular complexity index is 739. The maximum absolute atomic E-state index is 12.7. The van der Waals surface area contributed by atoms with Crippen LogP contribution in [-0.2, 0) is 4.79 Å². The van der Waals surface area contributed by atoms with Crippen LogP contribution >= 0.6 is 0 Å². The molecule has 1 aliphatic rings. The fourth-order valence-electron chi connectivity index (χ4n) is 2.99. The minimum Gasteiger partial charge on any atom is -0.448 e. The average Bonchev–Trinajstić information content (AvgIpc) is 3.02. The van der Waals surface area contributed by atoms with E-state index in [4.69, 9.17) is 13.9 Å². The number of fused-ring (bicyclic) bond motifs is 1. The van der Waals surface area contributed by atoms with Gasteiger partial charge in [-0.05, 0) is 25.2 Å². The topological polar surface area (TPSA) is 65.7 Å². The zero-order valence-corrected chi connectivity index (χ0v) is 13.5. The quantitative estimate of drug-likeness (QED) is 0.616. The molecule has 0 radical (unpaired) electrons. The second-order valence-corrected chi connectivity index (χ2v) is 6.96. The normalized spacial score (nSPS) is 16.6. The summed E-state index contributed by atoms with van der Waals surface area (Å²) in [5.74, 6) is 0.182. The first kappa shape index (κ1) is 14.9. The van der Waals surface area contributed by atoms with E-state index in [9.17, 15) is 9.59 Å². The zero-order valence-electron chi connectivity index (χ0n) is 13.5. The molecule has 0 saturated carbocycles. The van der Waals surface area contributed by atoms with Gasteiger partial charge in [0.2, 0.25) is 11.5 Å². The Morgan fingerprint density at radius 3 is 2.59 bits per heavy atom. The lowest BCUT2D eigenvalue weighted by Crippen LogP contribution is -2.38. The molecule has 3 heterocycles. The third-order valence-corrected chi connectivity index (χ3v) is 4.55. The Morgan fingerprint density at radius 2 is 2.00 bits per heavy atom. The van der Waals surface area contributed by atoms with E-state index in [1.54, 1.807) is 6.07 Å². The van der Waals surface area contributed by atoms with Crippen molar-refractivity contribution in [2.24, 2.45) is 17.3 Å². The molecule has 0 fully saturated rings. The molecule has 22 heavy (non-hydrogen) atoms. The summed E-state index contributed by atoms with van der Waals surface area (Å²) < 4.78 is 16.1. The summed E-state index contributed by atoms with van der Waals surface area (Å²) >= 11 is 0. The van der Waals surface area contributed by atoms with E-state index in [0.29, 0.717) is 22.6 Å². The van der Waals surface area contributed by atoms with Gasteiger partial charge < -0.3 is 13.9 Å². The van der Waals surface area contributed by atoms with Crippen LogP contribution in [0.15, 0.2) is 10.5 Å². The number of rotatable bonds is 5. The van der Waals surface area contributed by atoms with Crippen LogP contribution in [0.5, 0.6) is 11.5 Å². The number of benzene rings is 1. The lowest BCUT2D eigenvalue weighted by atomic mass is 9.73. The molecule has 1 unspecified atom stereocenters. The number of hydrogen-bond acceptors (Lipinski definition) is 5. The minimum absolute atomic E-state index is 0.127. The summed E-state index contributed by atoms with van der Waals surface area (Å²) in [5.41, 5.74) is 0.551. The lowest BCUT2D eigenvalue weighted by molar-refractivity contribution is -0.148. The fourth-order valence-corrected chi connectivity index (χ4v) is 2.99. The number of ether oxygens (including phenoxy) is 2. The Hall–Kier alpha value is -2.04. The van der Waals surface area contributed by atoms with Gasteiger partial charge in [0.05, 0.1) is 5.41 Å². The maximum Gasteiger partial charge on any atom is 0.347 e. The molecule has 0 spiro atoms. The molecule has 0 saturated heterocycles. The Morgan fingerprint density at radius 1 is 1.32 bits per heavy atom. The van der Waals surface area contributed by atoms with Gasteiger partial charge in [-0.3, -0.25) is 4.79 Å². The SMILES string of the molecule is CC(C)CC(C)(C(=O)Oc1c2c3oc1cc3C(=O)O2)C(C)C. The van der Waals surface area contributed by atoms with Gasteiger partial charge in [-0.25, -0.2) is 4.79 Å². The van der Waals surface area contributed by atoms with Crippen molar-refractivity contribution in [2.75, 3.05) is 0 Å². The van der Waals surface area contributed by atoms with Crippen LogP contribution in [0, 0.1) is 17.3 Å². The van der Waals surface area contributed by atoms with Crippen molar-refractivity contribution in [2.45, 2.75) is 41.0 Å². The molecule has 2 aromatic heterocycles. The number of carbonyl (C=O) groups is 2. The van der Waals surface area contributed by atoms with Crippen LogP contribution < -0.4 is 9.47 Å². The van der Waals surface area contributed by atoms with Crippen LogP contribution in [-0.4, -0.2) is 11.9 Å². The van der Waals surface area contributed by atoms with Crippen LogP contribution in [0.2, 0.25) is 0 Å². The molecule has 1 atom stereocenters. The van der Waals surface area contributed by atoms with Gasteiger partial charge in [0.15, 0.2) is 11.2 Å². The molecular weight excluding hydrogens is 284 g/mol. The van der Waals surface area contributed by atoms with Crippen molar-refractivity contribution in [1.82, 2.24) is 0 Å². The van der Waals surface area contributed by atoms with Crippen molar-refractivity contribution in [3.63, 3.8) is 0 Å². The van der Waals surface area contributed by atoms with E-state index < -0.39 is 11.4 Å². The highest BCUT2D eigenvalue weighted by Gasteiger charge is 2.42. The average molecular weight is 304 g/mol.